The molecule has 0 aliphatic heterocycles. The first-order valence-electron chi connectivity index (χ1n) is 6.57. The molecule has 1 saturated carbocycles. The van der Waals surface area contributed by atoms with Crippen molar-refractivity contribution in [2.75, 3.05) is 0 Å². The van der Waals surface area contributed by atoms with E-state index < -0.39 is 10.4 Å². The normalized spacial score (nSPS) is 25.7. The number of nitrogens with zero attached hydrogens (tertiary/aromatic N) is 3. The van der Waals surface area contributed by atoms with Crippen molar-refractivity contribution in [3.63, 3.8) is 0 Å². The second-order valence-electron chi connectivity index (χ2n) is 5.60. The fraction of sp³-hybridized carbons (Fsp3) is 0.429. The van der Waals surface area contributed by atoms with Crippen LogP contribution in [0.25, 0.3) is 0 Å². The van der Waals surface area contributed by atoms with Gasteiger partial charge in [-0.1, -0.05) is 35.0 Å². The summed E-state index contributed by atoms with van der Waals surface area (Å²) in [6, 6.07) is 7.76. The maximum atomic E-state index is 13.7. The first kappa shape index (κ1) is 15.1. The topological polar surface area (TPSA) is 30.7 Å². The smallest absolute Gasteiger partial charge is 0.246 e. The Hall–Kier alpha value is -0.820. The van der Waals surface area contributed by atoms with Crippen molar-refractivity contribution < 1.29 is 8.78 Å². The molecule has 3 nitrogen and oxygen atoms in total. The third-order valence-corrected chi connectivity index (χ3v) is 4.90. The predicted octanol–water partition coefficient (Wildman–Crippen LogP) is 4.66. The summed E-state index contributed by atoms with van der Waals surface area (Å²) in [5.41, 5.74) is 0.484. The van der Waals surface area contributed by atoms with Crippen LogP contribution in [-0.2, 0) is 10.4 Å². The second kappa shape index (κ2) is 5.12. The molecule has 0 saturated heterocycles. The number of halogens is 4. The molecule has 3 rings (SSSR count). The van der Waals surface area contributed by atoms with Crippen LogP contribution in [0.3, 0.4) is 0 Å². The number of hydrogen-bond acceptors (Lipinski definition) is 2. The lowest BCUT2D eigenvalue weighted by molar-refractivity contribution is 0.0215. The number of rotatable bonds is 3. The summed E-state index contributed by atoms with van der Waals surface area (Å²) < 4.78 is 29.2. The summed E-state index contributed by atoms with van der Waals surface area (Å²) in [6.45, 7) is 2.11. The Kier molecular flexibility index (Phi) is 3.68. The van der Waals surface area contributed by atoms with Crippen LogP contribution in [0, 0.1) is 5.92 Å². The highest BCUT2D eigenvalue weighted by Gasteiger charge is 2.50. The van der Waals surface area contributed by atoms with E-state index in [0.717, 1.165) is 33.8 Å². The molecule has 1 aromatic carbocycles. The van der Waals surface area contributed by atoms with Gasteiger partial charge in [0.15, 0.2) is 0 Å². The number of hydrogen-bond donors (Lipinski definition) is 0. The van der Waals surface area contributed by atoms with Gasteiger partial charge in [-0.3, -0.25) is 0 Å². The van der Waals surface area contributed by atoms with Gasteiger partial charge >= 0.3 is 4.96 Å². The monoisotopic (exact) mass is 419 g/mol. The average molecular weight is 421 g/mol. The highest BCUT2D eigenvalue weighted by molar-refractivity contribution is 9.10. The van der Waals surface area contributed by atoms with E-state index in [2.05, 4.69) is 49.0 Å². The Morgan fingerprint density at radius 1 is 1.38 bits per heavy atom. The van der Waals surface area contributed by atoms with Crippen LogP contribution < -0.4 is 0 Å². The zero-order valence-corrected chi connectivity index (χ0v) is 14.4. The molecule has 1 fully saturated rings. The summed E-state index contributed by atoms with van der Waals surface area (Å²) >= 11 is 5.85. The third-order valence-electron chi connectivity index (χ3n) is 4.02. The molecule has 21 heavy (non-hydrogen) atoms. The van der Waals surface area contributed by atoms with Crippen LogP contribution in [0.4, 0.5) is 8.78 Å². The minimum Gasteiger partial charge on any atom is -0.246 e. The Bertz CT molecular complexity index is 660. The Morgan fingerprint density at radius 2 is 2.10 bits per heavy atom. The van der Waals surface area contributed by atoms with Gasteiger partial charge in [-0.2, -0.15) is 8.78 Å². The van der Waals surface area contributed by atoms with Crippen molar-refractivity contribution in [1.29, 1.82) is 0 Å². The van der Waals surface area contributed by atoms with E-state index in [-0.39, 0.29) is 0 Å². The van der Waals surface area contributed by atoms with Gasteiger partial charge in [-0.25, -0.2) is 4.57 Å². The quantitative estimate of drug-likeness (QED) is 0.676. The van der Waals surface area contributed by atoms with E-state index in [4.69, 9.17) is 0 Å². The van der Waals surface area contributed by atoms with Crippen molar-refractivity contribution in [1.82, 2.24) is 14.8 Å². The van der Waals surface area contributed by atoms with E-state index in [1.165, 1.54) is 0 Å². The van der Waals surface area contributed by atoms with Crippen LogP contribution in [0.2, 0.25) is 0 Å². The van der Waals surface area contributed by atoms with Crippen molar-refractivity contribution >= 4 is 31.9 Å². The largest absolute Gasteiger partial charge is 0.389 e. The van der Waals surface area contributed by atoms with E-state index in [0.29, 0.717) is 11.7 Å². The maximum absolute atomic E-state index is 13.7. The summed E-state index contributed by atoms with van der Waals surface area (Å²) in [5.74, 6) is 0.777. The molecule has 1 aliphatic rings. The number of aromatic nitrogens is 3. The minimum absolute atomic E-state index is 0.306. The van der Waals surface area contributed by atoms with Gasteiger partial charge in [0.05, 0.1) is 5.41 Å². The molecule has 0 spiro atoms. The standard InChI is InChI=1S/C14H13Br2F2N3/c1-9-6-13(7-9,10-3-2-4-11(15)5-10)12-20-19-8-21(12)14(16,17)18/h2-5,8-9H,6-7H2,1H3. The SMILES string of the molecule is CC1CC(c2cccc(Br)c2)(c2nncn2C(F)(F)Br)C1. The zero-order valence-electron chi connectivity index (χ0n) is 11.2. The summed E-state index contributed by atoms with van der Waals surface area (Å²) in [6.07, 6.45) is 2.64. The molecule has 0 N–H and O–H groups in total. The zero-order chi connectivity index (χ0) is 15.3. The van der Waals surface area contributed by atoms with E-state index >= 15 is 0 Å². The molecule has 112 valence electrons. The van der Waals surface area contributed by atoms with Crippen LogP contribution in [0.5, 0.6) is 0 Å². The van der Waals surface area contributed by atoms with Gasteiger partial charge < -0.3 is 0 Å². The lowest BCUT2D eigenvalue weighted by Crippen LogP contribution is -2.44. The highest BCUT2D eigenvalue weighted by Crippen LogP contribution is 2.52. The van der Waals surface area contributed by atoms with Gasteiger partial charge in [0.25, 0.3) is 0 Å². The minimum atomic E-state index is -3.19. The lowest BCUT2D eigenvalue weighted by Gasteiger charge is -2.46. The average Bonchev–Trinajstić information content (AvgIpc) is 2.83. The Labute approximate surface area is 138 Å². The first-order valence-corrected chi connectivity index (χ1v) is 8.15. The summed E-state index contributed by atoms with van der Waals surface area (Å²) in [7, 11) is 0. The fourth-order valence-electron chi connectivity index (χ4n) is 3.21. The van der Waals surface area contributed by atoms with Gasteiger partial charge in [0.1, 0.15) is 12.2 Å². The Balaban J connectivity index is 2.14. The summed E-state index contributed by atoms with van der Waals surface area (Å²) in [5, 5.41) is 7.71. The van der Waals surface area contributed by atoms with Crippen LogP contribution in [0.15, 0.2) is 35.1 Å². The van der Waals surface area contributed by atoms with Crippen molar-refractivity contribution in [2.24, 2.45) is 5.92 Å². The molecule has 0 unspecified atom stereocenters. The molecule has 0 bridgehead atoms. The third kappa shape index (κ3) is 2.54. The van der Waals surface area contributed by atoms with Gasteiger partial charge in [0, 0.05) is 20.4 Å². The molecule has 0 radical (unpaired) electrons. The lowest BCUT2D eigenvalue weighted by atomic mass is 9.58. The second-order valence-corrected chi connectivity index (χ2v) is 7.47. The first-order chi connectivity index (χ1) is 9.83. The Morgan fingerprint density at radius 3 is 2.67 bits per heavy atom. The number of benzene rings is 1. The molecular weight excluding hydrogens is 408 g/mol. The van der Waals surface area contributed by atoms with E-state index in [1.807, 2.05) is 24.3 Å². The molecular formula is C14H13Br2F2N3. The molecule has 0 amide bonds. The van der Waals surface area contributed by atoms with Gasteiger partial charge in [-0.15, -0.1) is 10.2 Å². The van der Waals surface area contributed by atoms with Crippen LogP contribution >= 0.6 is 31.9 Å². The van der Waals surface area contributed by atoms with Crippen molar-refractivity contribution in [3.05, 3.63) is 46.5 Å². The fourth-order valence-corrected chi connectivity index (χ4v) is 3.87. The number of alkyl halides is 3. The molecule has 1 aromatic heterocycles. The molecule has 7 heteroatoms. The van der Waals surface area contributed by atoms with Gasteiger partial charge in [0.2, 0.25) is 0 Å². The summed E-state index contributed by atoms with van der Waals surface area (Å²) in [4.78, 5) is -3.19. The van der Waals surface area contributed by atoms with Crippen LogP contribution in [0.1, 0.15) is 31.2 Å². The molecule has 1 aliphatic carbocycles. The van der Waals surface area contributed by atoms with E-state index in [9.17, 15) is 8.78 Å². The van der Waals surface area contributed by atoms with Crippen molar-refractivity contribution in [3.8, 4) is 0 Å². The molecule has 1 heterocycles. The van der Waals surface area contributed by atoms with Gasteiger partial charge in [-0.05, 0) is 36.5 Å². The van der Waals surface area contributed by atoms with Crippen molar-refractivity contribution in [2.45, 2.75) is 30.1 Å². The van der Waals surface area contributed by atoms with Crippen LogP contribution in [-0.4, -0.2) is 14.8 Å². The highest BCUT2D eigenvalue weighted by atomic mass is 79.9. The molecule has 0 atom stereocenters. The predicted molar refractivity (Wildman–Crippen MR) is 82.5 cm³/mol. The molecule has 2 aromatic rings. The van der Waals surface area contributed by atoms with E-state index in [1.54, 1.807) is 0 Å². The maximum Gasteiger partial charge on any atom is 0.389 e.